The Balaban J connectivity index is 1.78. The van der Waals surface area contributed by atoms with Gasteiger partial charge in [0, 0.05) is 37.7 Å². The second-order valence-corrected chi connectivity index (χ2v) is 6.89. The Morgan fingerprint density at radius 2 is 2.07 bits per heavy atom. The number of amides is 1. The lowest BCUT2D eigenvalue weighted by Crippen LogP contribution is -2.49. The van der Waals surface area contributed by atoms with Crippen LogP contribution in [-0.4, -0.2) is 57.7 Å². The summed E-state index contributed by atoms with van der Waals surface area (Å²) in [5.41, 5.74) is 0.0762. The summed E-state index contributed by atoms with van der Waals surface area (Å²) in [6, 6.07) is 0.260. The summed E-state index contributed by atoms with van der Waals surface area (Å²) in [5, 5.41) is 5.72. The van der Waals surface area contributed by atoms with E-state index >= 15 is 0 Å². The van der Waals surface area contributed by atoms with Gasteiger partial charge in [0.25, 0.3) is 0 Å². The van der Waals surface area contributed by atoms with Gasteiger partial charge in [-0.15, -0.1) is 0 Å². The molecule has 4 rings (SSSR count). The van der Waals surface area contributed by atoms with Crippen LogP contribution in [0.5, 0.6) is 0 Å². The number of nitrogens with one attached hydrogen (secondary N) is 2. The number of aromatic nitrogens is 4. The zero-order valence-corrected chi connectivity index (χ0v) is 15.0. The van der Waals surface area contributed by atoms with Crippen molar-refractivity contribution < 1.29 is 18.0 Å². The van der Waals surface area contributed by atoms with Crippen LogP contribution in [-0.2, 0) is 4.79 Å². The van der Waals surface area contributed by atoms with Crippen LogP contribution in [0.25, 0.3) is 11.4 Å². The van der Waals surface area contributed by atoms with E-state index in [-0.39, 0.29) is 28.8 Å². The molecule has 2 aliphatic rings. The second-order valence-electron chi connectivity index (χ2n) is 6.89. The maximum Gasteiger partial charge on any atom is 0.396 e. The quantitative estimate of drug-likeness (QED) is 0.802. The van der Waals surface area contributed by atoms with Gasteiger partial charge in [-0.1, -0.05) is 0 Å². The van der Waals surface area contributed by atoms with Crippen LogP contribution in [0.1, 0.15) is 24.8 Å². The number of nitrogens with zero attached hydrogens (tertiary/aromatic N) is 5. The molecule has 1 saturated heterocycles. The van der Waals surface area contributed by atoms with Gasteiger partial charge in [-0.2, -0.15) is 13.2 Å². The minimum absolute atomic E-state index is 0.0323. The molecule has 0 spiro atoms. The summed E-state index contributed by atoms with van der Waals surface area (Å²) in [7, 11) is 0. The topological polar surface area (TPSA) is 95.9 Å². The summed E-state index contributed by atoms with van der Waals surface area (Å²) in [5.74, 6) is -2.28. The minimum atomic E-state index is -4.61. The molecule has 2 aromatic heterocycles. The molecule has 1 fully saturated rings. The molecule has 148 valence electrons. The molecule has 0 unspecified atom stereocenters. The maximum absolute atomic E-state index is 13.6. The van der Waals surface area contributed by atoms with Crippen molar-refractivity contribution in [3.8, 4) is 11.4 Å². The van der Waals surface area contributed by atoms with E-state index in [0.29, 0.717) is 18.9 Å². The van der Waals surface area contributed by atoms with Gasteiger partial charge in [-0.05, 0) is 6.92 Å². The Morgan fingerprint density at radius 1 is 1.25 bits per heavy atom. The molecule has 0 bridgehead atoms. The highest BCUT2D eigenvalue weighted by Gasteiger charge is 2.47. The SMILES string of the molecule is C[C@H]1CN(c2cncc(-c3ncnc4c3[C@@H](C(F)(F)F)CC(=O)N4)n2)CCN1. The van der Waals surface area contributed by atoms with E-state index in [1.807, 2.05) is 11.8 Å². The zero-order valence-electron chi connectivity index (χ0n) is 15.0. The largest absolute Gasteiger partial charge is 0.396 e. The molecule has 1 amide bonds. The van der Waals surface area contributed by atoms with Gasteiger partial charge in [0.05, 0.1) is 24.0 Å². The molecule has 2 aliphatic heterocycles. The fourth-order valence-electron chi connectivity index (χ4n) is 3.54. The molecule has 2 atom stereocenters. The molecule has 28 heavy (non-hydrogen) atoms. The third-order valence-corrected chi connectivity index (χ3v) is 4.83. The molecule has 4 heterocycles. The first kappa shape index (κ1) is 18.5. The third kappa shape index (κ3) is 3.49. The standard InChI is InChI=1S/C17H18F3N7O/c1-9-7-27(3-2-22-9)12-6-21-5-11(25-12)15-14-10(17(18,19)20)4-13(28)26-16(14)24-8-23-15/h5-6,8-10,22H,2-4,7H2,1H3,(H,23,24,26,28)/t9-,10-/m0/s1. The van der Waals surface area contributed by atoms with Gasteiger partial charge in [0.1, 0.15) is 23.7 Å². The summed E-state index contributed by atoms with van der Waals surface area (Å²) in [4.78, 5) is 30.3. The van der Waals surface area contributed by atoms with Gasteiger partial charge >= 0.3 is 6.18 Å². The van der Waals surface area contributed by atoms with Crippen molar-refractivity contribution in [1.82, 2.24) is 25.3 Å². The van der Waals surface area contributed by atoms with Crippen molar-refractivity contribution in [3.63, 3.8) is 0 Å². The highest BCUT2D eigenvalue weighted by Crippen LogP contribution is 2.45. The van der Waals surface area contributed by atoms with Gasteiger partial charge in [-0.3, -0.25) is 9.78 Å². The Morgan fingerprint density at radius 3 is 2.82 bits per heavy atom. The zero-order chi connectivity index (χ0) is 19.9. The average Bonchev–Trinajstić information content (AvgIpc) is 2.66. The predicted octanol–water partition coefficient (Wildman–Crippen LogP) is 1.72. The van der Waals surface area contributed by atoms with Crippen LogP contribution < -0.4 is 15.5 Å². The fraction of sp³-hybridized carbons (Fsp3) is 0.471. The second kappa shape index (κ2) is 6.97. The molecule has 2 aromatic rings. The number of carbonyl (C=O) groups is 1. The van der Waals surface area contributed by atoms with Crippen LogP contribution >= 0.6 is 0 Å². The lowest BCUT2D eigenvalue weighted by molar-refractivity contribution is -0.156. The number of hydrogen-bond acceptors (Lipinski definition) is 7. The molecule has 0 saturated carbocycles. The van der Waals surface area contributed by atoms with Crippen molar-refractivity contribution in [3.05, 3.63) is 24.3 Å². The molecule has 0 radical (unpaired) electrons. The van der Waals surface area contributed by atoms with Crippen LogP contribution in [0.4, 0.5) is 24.8 Å². The van der Waals surface area contributed by atoms with Crippen molar-refractivity contribution in [2.24, 2.45) is 0 Å². The highest BCUT2D eigenvalue weighted by atomic mass is 19.4. The molecular weight excluding hydrogens is 375 g/mol. The van der Waals surface area contributed by atoms with Crippen LogP contribution in [0.15, 0.2) is 18.7 Å². The van der Waals surface area contributed by atoms with E-state index < -0.39 is 24.4 Å². The molecule has 0 aliphatic carbocycles. The smallest absolute Gasteiger partial charge is 0.352 e. The number of rotatable bonds is 2. The van der Waals surface area contributed by atoms with Crippen molar-refractivity contribution in [1.29, 1.82) is 0 Å². The van der Waals surface area contributed by atoms with Gasteiger partial charge in [0.2, 0.25) is 5.91 Å². The fourth-order valence-corrected chi connectivity index (χ4v) is 3.54. The first-order valence-corrected chi connectivity index (χ1v) is 8.85. The molecule has 0 aromatic carbocycles. The first-order chi connectivity index (χ1) is 13.3. The van der Waals surface area contributed by atoms with E-state index in [4.69, 9.17) is 0 Å². The Hall–Kier alpha value is -2.82. The van der Waals surface area contributed by atoms with Gasteiger partial charge < -0.3 is 15.5 Å². The van der Waals surface area contributed by atoms with Crippen LogP contribution in [0.3, 0.4) is 0 Å². The number of halogens is 3. The molecule has 11 heteroatoms. The number of anilines is 2. The first-order valence-electron chi connectivity index (χ1n) is 8.85. The summed E-state index contributed by atoms with van der Waals surface area (Å²) in [6.45, 7) is 4.24. The third-order valence-electron chi connectivity index (χ3n) is 4.83. The number of fused-ring (bicyclic) bond motifs is 1. The van der Waals surface area contributed by atoms with Gasteiger partial charge in [-0.25, -0.2) is 15.0 Å². The molecule has 2 N–H and O–H groups in total. The Labute approximate surface area is 158 Å². The van der Waals surface area contributed by atoms with Crippen LogP contribution in [0, 0.1) is 0 Å². The van der Waals surface area contributed by atoms with E-state index in [9.17, 15) is 18.0 Å². The molecule has 8 nitrogen and oxygen atoms in total. The summed E-state index contributed by atoms with van der Waals surface area (Å²) < 4.78 is 40.8. The lowest BCUT2D eigenvalue weighted by atomic mass is 9.90. The number of carbonyl (C=O) groups excluding carboxylic acids is 1. The van der Waals surface area contributed by atoms with E-state index in [2.05, 4.69) is 30.6 Å². The predicted molar refractivity (Wildman–Crippen MR) is 94.8 cm³/mol. The number of alkyl halides is 3. The molecular formula is C17H18F3N7O. The normalized spacial score (nSPS) is 22.6. The van der Waals surface area contributed by atoms with Crippen LogP contribution in [0.2, 0.25) is 0 Å². The monoisotopic (exact) mass is 393 g/mol. The van der Waals surface area contributed by atoms with Crippen molar-refractivity contribution >= 4 is 17.5 Å². The maximum atomic E-state index is 13.6. The number of piperazine rings is 1. The highest BCUT2D eigenvalue weighted by molar-refractivity contribution is 5.95. The van der Waals surface area contributed by atoms with Crippen molar-refractivity contribution in [2.45, 2.75) is 31.5 Å². The summed E-state index contributed by atoms with van der Waals surface area (Å²) in [6.07, 6.45) is -1.24. The Bertz CT molecular complexity index is 905. The van der Waals surface area contributed by atoms with E-state index in [0.717, 1.165) is 12.9 Å². The average molecular weight is 393 g/mol. The van der Waals surface area contributed by atoms with Crippen molar-refractivity contribution in [2.75, 3.05) is 29.9 Å². The minimum Gasteiger partial charge on any atom is -0.352 e. The summed E-state index contributed by atoms with van der Waals surface area (Å²) >= 11 is 0. The van der Waals surface area contributed by atoms with E-state index in [1.54, 1.807) is 6.20 Å². The van der Waals surface area contributed by atoms with E-state index in [1.165, 1.54) is 6.20 Å². The lowest BCUT2D eigenvalue weighted by Gasteiger charge is -2.32. The van der Waals surface area contributed by atoms with Gasteiger partial charge in [0.15, 0.2) is 0 Å². The Kier molecular flexibility index (Phi) is 4.61. The number of hydrogen-bond donors (Lipinski definition) is 2.